The van der Waals surface area contributed by atoms with Crippen molar-refractivity contribution in [2.45, 2.75) is 13.8 Å². The second kappa shape index (κ2) is 14.1. The number of piperazine rings is 1. The van der Waals surface area contributed by atoms with E-state index >= 15 is 0 Å². The number of amides is 2. The predicted molar refractivity (Wildman–Crippen MR) is 164 cm³/mol. The second-order valence-electron chi connectivity index (χ2n) is 10.2. The summed E-state index contributed by atoms with van der Waals surface area (Å²) < 4.78 is 17.2. The fraction of sp³-hybridized carbons (Fsp3) is 0.355. The summed E-state index contributed by atoms with van der Waals surface area (Å²) in [5.41, 5.74) is 2.44. The van der Waals surface area contributed by atoms with Gasteiger partial charge in [0.05, 0.1) is 18.7 Å². The van der Waals surface area contributed by atoms with Gasteiger partial charge in [0.15, 0.2) is 0 Å². The Morgan fingerprint density at radius 1 is 1.02 bits per heavy atom. The van der Waals surface area contributed by atoms with Crippen LogP contribution in [0.3, 0.4) is 0 Å². The lowest BCUT2D eigenvalue weighted by Gasteiger charge is -2.34. The normalized spacial score (nSPS) is 14.0. The molecule has 0 atom stereocenters. The van der Waals surface area contributed by atoms with Gasteiger partial charge in [-0.3, -0.25) is 19.4 Å². The number of furan rings is 1. The van der Waals surface area contributed by atoms with Crippen molar-refractivity contribution in [1.82, 2.24) is 25.1 Å². The van der Waals surface area contributed by atoms with Crippen LogP contribution in [0.25, 0.3) is 11.0 Å². The largest absolute Gasteiger partial charge is 0.460 e. The van der Waals surface area contributed by atoms with Crippen molar-refractivity contribution >= 4 is 40.1 Å². The number of rotatable bonds is 12. The first kappa shape index (κ1) is 30.0. The van der Waals surface area contributed by atoms with E-state index in [4.69, 9.17) is 13.9 Å². The molecule has 0 bridgehead atoms. The number of carbonyl (C=O) groups excluding carboxylic acids is 2. The minimum absolute atomic E-state index is 0.0577. The fourth-order valence-electron chi connectivity index (χ4n) is 4.97. The van der Waals surface area contributed by atoms with Crippen LogP contribution in [0.15, 0.2) is 59.1 Å². The van der Waals surface area contributed by atoms with E-state index in [0.717, 1.165) is 45.9 Å². The number of nitrogens with one attached hydrogen (secondary N) is 3. The summed E-state index contributed by atoms with van der Waals surface area (Å²) in [6.07, 6.45) is 1.59. The lowest BCUT2D eigenvalue weighted by atomic mass is 10.1. The number of nitrogens with zero attached hydrogens (tertiary/aromatic N) is 4. The van der Waals surface area contributed by atoms with Crippen molar-refractivity contribution in [1.29, 1.82) is 0 Å². The van der Waals surface area contributed by atoms with Crippen LogP contribution in [0.1, 0.15) is 23.0 Å². The Hall–Kier alpha value is -4.52. The number of anilines is 3. The monoisotopic (exact) mass is 587 g/mol. The van der Waals surface area contributed by atoms with E-state index in [-0.39, 0.29) is 11.8 Å². The number of benzene rings is 2. The third kappa shape index (κ3) is 7.86. The molecule has 0 aliphatic carbocycles. The fourth-order valence-corrected chi connectivity index (χ4v) is 4.97. The minimum Gasteiger partial charge on any atom is -0.460 e. The van der Waals surface area contributed by atoms with Crippen LogP contribution in [0, 0.1) is 6.92 Å². The smallest absolute Gasteiger partial charge is 0.255 e. The molecular weight excluding hydrogens is 550 g/mol. The summed E-state index contributed by atoms with van der Waals surface area (Å²) in [4.78, 5) is 38.2. The van der Waals surface area contributed by atoms with Gasteiger partial charge >= 0.3 is 0 Å². The zero-order valence-electron chi connectivity index (χ0n) is 24.7. The van der Waals surface area contributed by atoms with Gasteiger partial charge in [0.25, 0.3) is 5.91 Å². The number of hydrogen-bond donors (Lipinski definition) is 3. The molecule has 2 aromatic carbocycles. The van der Waals surface area contributed by atoms with Gasteiger partial charge in [0.2, 0.25) is 17.7 Å². The van der Waals surface area contributed by atoms with Crippen molar-refractivity contribution in [3.05, 3.63) is 66.1 Å². The Labute approximate surface area is 250 Å². The summed E-state index contributed by atoms with van der Waals surface area (Å²) in [5, 5.41) is 9.50. The zero-order chi connectivity index (χ0) is 30.2. The van der Waals surface area contributed by atoms with E-state index < -0.39 is 0 Å². The number of fused-ring (bicyclic) bond motifs is 1. The predicted octanol–water partition coefficient (Wildman–Crippen LogP) is 4.02. The van der Waals surface area contributed by atoms with Crippen LogP contribution >= 0.6 is 0 Å². The zero-order valence-corrected chi connectivity index (χ0v) is 24.7. The van der Waals surface area contributed by atoms with Gasteiger partial charge in [-0.25, -0.2) is 4.98 Å². The standard InChI is InChI=1S/C31H37N7O5/c1-4-41-17-16-37-12-14-38(15-13-37)20-27(39)34-22-6-5-7-23(18-22)35-31-33-11-10-28(36-31)43-24-8-9-25-26(19-24)42-21(2)29(25)30(40)32-3/h5-11,18-19H,4,12-17,20H2,1-3H3,(H,32,40)(H,34,39)(H,33,35,36). The number of aryl methyl sites for hydroxylation is 1. The average molecular weight is 588 g/mol. The Morgan fingerprint density at radius 2 is 1.81 bits per heavy atom. The van der Waals surface area contributed by atoms with Crippen molar-refractivity contribution in [3.8, 4) is 11.6 Å². The second-order valence-corrected chi connectivity index (χ2v) is 10.2. The molecule has 0 unspecified atom stereocenters. The molecule has 226 valence electrons. The molecule has 2 amide bonds. The van der Waals surface area contributed by atoms with Crippen LogP contribution in [0.4, 0.5) is 17.3 Å². The molecule has 1 aliphatic heterocycles. The van der Waals surface area contributed by atoms with Crippen LogP contribution in [-0.2, 0) is 9.53 Å². The van der Waals surface area contributed by atoms with Gasteiger partial charge in [-0.1, -0.05) is 6.07 Å². The summed E-state index contributed by atoms with van der Waals surface area (Å²) in [5.74, 6) is 1.44. The molecule has 1 saturated heterocycles. The lowest BCUT2D eigenvalue weighted by Crippen LogP contribution is -2.49. The highest BCUT2D eigenvalue weighted by Gasteiger charge is 2.19. The number of carbonyl (C=O) groups is 2. The molecule has 12 heteroatoms. The number of hydrogen-bond acceptors (Lipinski definition) is 10. The summed E-state index contributed by atoms with van der Waals surface area (Å²) in [6, 6.07) is 14.3. The molecule has 0 radical (unpaired) electrons. The van der Waals surface area contributed by atoms with Gasteiger partial charge in [-0.2, -0.15) is 4.98 Å². The van der Waals surface area contributed by atoms with Crippen molar-refractivity contribution in [3.63, 3.8) is 0 Å². The SMILES string of the molecule is CCOCCN1CCN(CC(=O)Nc2cccc(Nc3nccc(Oc4ccc5c(C(=O)NC)c(C)oc5c4)n3)c2)CC1. The molecule has 3 heterocycles. The van der Waals surface area contributed by atoms with Crippen molar-refractivity contribution < 1.29 is 23.5 Å². The molecule has 12 nitrogen and oxygen atoms in total. The average Bonchev–Trinajstić information content (AvgIpc) is 3.33. The Morgan fingerprint density at radius 3 is 2.60 bits per heavy atom. The van der Waals surface area contributed by atoms with E-state index in [2.05, 4.69) is 35.7 Å². The molecule has 0 saturated carbocycles. The Balaban J connectivity index is 1.16. The van der Waals surface area contributed by atoms with Gasteiger partial charge in [0.1, 0.15) is 17.1 Å². The van der Waals surface area contributed by atoms with Gasteiger partial charge in [-0.15, -0.1) is 0 Å². The first-order chi connectivity index (χ1) is 20.9. The van der Waals surface area contributed by atoms with Crippen molar-refractivity contribution in [2.24, 2.45) is 0 Å². The summed E-state index contributed by atoms with van der Waals surface area (Å²) >= 11 is 0. The van der Waals surface area contributed by atoms with Crippen molar-refractivity contribution in [2.75, 3.05) is 70.2 Å². The Kier molecular flexibility index (Phi) is 9.82. The van der Waals surface area contributed by atoms with Gasteiger partial charge in [-0.05, 0) is 44.2 Å². The maximum absolute atomic E-state index is 12.7. The highest BCUT2D eigenvalue weighted by molar-refractivity contribution is 6.07. The minimum atomic E-state index is -0.206. The van der Waals surface area contributed by atoms with Gasteiger partial charge in [0, 0.05) is 81.5 Å². The van der Waals surface area contributed by atoms with Gasteiger partial charge < -0.3 is 29.8 Å². The molecule has 4 aromatic rings. The van der Waals surface area contributed by atoms with Crippen LogP contribution in [-0.4, -0.2) is 91.1 Å². The molecule has 1 fully saturated rings. The third-order valence-electron chi connectivity index (χ3n) is 7.13. The van der Waals surface area contributed by atoms with E-state index in [1.165, 1.54) is 0 Å². The third-order valence-corrected chi connectivity index (χ3v) is 7.13. The molecule has 43 heavy (non-hydrogen) atoms. The molecule has 2 aromatic heterocycles. The van der Waals surface area contributed by atoms with Crippen LogP contribution in [0.5, 0.6) is 11.6 Å². The number of ether oxygens (including phenoxy) is 2. The topological polar surface area (TPSA) is 134 Å². The maximum atomic E-state index is 12.7. The molecular formula is C31H37N7O5. The van der Waals surface area contributed by atoms with E-state index in [1.807, 2.05) is 31.2 Å². The highest BCUT2D eigenvalue weighted by Crippen LogP contribution is 2.31. The van der Waals surface area contributed by atoms with E-state index in [0.29, 0.717) is 57.8 Å². The number of aromatic nitrogens is 2. The first-order valence-corrected chi connectivity index (χ1v) is 14.4. The summed E-state index contributed by atoms with van der Waals surface area (Å²) in [6.45, 7) is 10.1. The quantitative estimate of drug-likeness (QED) is 0.209. The Bertz CT molecular complexity index is 1570. The highest BCUT2D eigenvalue weighted by atomic mass is 16.5. The summed E-state index contributed by atoms with van der Waals surface area (Å²) in [7, 11) is 1.58. The van der Waals surface area contributed by atoms with E-state index in [9.17, 15) is 9.59 Å². The maximum Gasteiger partial charge on any atom is 0.255 e. The molecule has 5 rings (SSSR count). The van der Waals surface area contributed by atoms with Crippen LogP contribution < -0.4 is 20.7 Å². The lowest BCUT2D eigenvalue weighted by molar-refractivity contribution is -0.117. The van der Waals surface area contributed by atoms with Crippen LogP contribution in [0.2, 0.25) is 0 Å². The molecule has 0 spiro atoms. The molecule has 1 aliphatic rings. The molecule has 3 N–H and O–H groups in total. The van der Waals surface area contributed by atoms with E-state index in [1.54, 1.807) is 44.4 Å². The first-order valence-electron chi connectivity index (χ1n) is 14.4.